The minimum atomic E-state index is 0.109. The van der Waals surface area contributed by atoms with Crippen molar-refractivity contribution in [3.63, 3.8) is 0 Å². The van der Waals surface area contributed by atoms with Gasteiger partial charge in [0.1, 0.15) is 0 Å². The van der Waals surface area contributed by atoms with Gasteiger partial charge in [-0.05, 0) is 44.1 Å². The summed E-state index contributed by atoms with van der Waals surface area (Å²) in [6.07, 6.45) is 1.15. The third-order valence-electron chi connectivity index (χ3n) is 5.28. The van der Waals surface area contributed by atoms with Crippen molar-refractivity contribution in [2.24, 2.45) is 22.4 Å². The molecule has 3 heteroatoms. The maximum Gasteiger partial charge on any atom is 0.0938 e. The van der Waals surface area contributed by atoms with E-state index in [0.29, 0.717) is 23.8 Å². The standard InChI is InChI=1S/C16H34N2O/c1-13(2)15(5,6)9-11-18(12-10-17-19)16(7,8)14(3)4/h13-14H,9-12H2,1-8H3. The number of hydrogen-bond donors (Lipinski definition) is 0. The highest BCUT2D eigenvalue weighted by Crippen LogP contribution is 2.32. The summed E-state index contributed by atoms with van der Waals surface area (Å²) in [4.78, 5) is 12.9. The SMILES string of the molecule is CC(C)C(C)(C)CCN(CCN=O)C(C)(C)C(C)C. The molecule has 0 aromatic heterocycles. The van der Waals surface area contributed by atoms with Crippen LogP contribution >= 0.6 is 0 Å². The van der Waals surface area contributed by atoms with Gasteiger partial charge in [-0.15, -0.1) is 0 Å². The van der Waals surface area contributed by atoms with Gasteiger partial charge in [-0.2, -0.15) is 4.91 Å². The van der Waals surface area contributed by atoms with Crippen LogP contribution in [0.3, 0.4) is 0 Å². The van der Waals surface area contributed by atoms with E-state index in [0.717, 1.165) is 19.5 Å². The van der Waals surface area contributed by atoms with E-state index in [1.807, 2.05) is 0 Å². The Bertz CT molecular complexity index is 270. The molecule has 0 aliphatic carbocycles. The highest BCUT2D eigenvalue weighted by atomic mass is 16.3. The Kier molecular flexibility index (Phi) is 7.20. The van der Waals surface area contributed by atoms with Gasteiger partial charge in [0.15, 0.2) is 0 Å². The predicted molar refractivity (Wildman–Crippen MR) is 84.4 cm³/mol. The summed E-state index contributed by atoms with van der Waals surface area (Å²) in [5, 5.41) is 3.04. The average molecular weight is 270 g/mol. The van der Waals surface area contributed by atoms with Crippen molar-refractivity contribution >= 4 is 0 Å². The molecule has 0 saturated carbocycles. The Hall–Kier alpha value is -0.440. The lowest BCUT2D eigenvalue weighted by Gasteiger charge is -2.43. The van der Waals surface area contributed by atoms with Crippen molar-refractivity contribution < 1.29 is 0 Å². The van der Waals surface area contributed by atoms with E-state index in [2.05, 4.69) is 65.5 Å². The first-order valence-electron chi connectivity index (χ1n) is 7.60. The highest BCUT2D eigenvalue weighted by Gasteiger charge is 2.31. The molecule has 0 atom stereocenters. The molecule has 0 radical (unpaired) electrons. The average Bonchev–Trinajstić information content (AvgIpc) is 2.28. The fraction of sp³-hybridized carbons (Fsp3) is 1.00. The largest absolute Gasteiger partial charge is 0.296 e. The zero-order valence-corrected chi connectivity index (χ0v) is 14.3. The van der Waals surface area contributed by atoms with E-state index in [4.69, 9.17) is 0 Å². The van der Waals surface area contributed by atoms with E-state index in [9.17, 15) is 4.91 Å². The smallest absolute Gasteiger partial charge is 0.0938 e. The van der Waals surface area contributed by atoms with Crippen LogP contribution in [0.5, 0.6) is 0 Å². The summed E-state index contributed by atoms with van der Waals surface area (Å²) in [6.45, 7) is 20.4. The van der Waals surface area contributed by atoms with Crippen molar-refractivity contribution in [2.75, 3.05) is 19.6 Å². The molecule has 0 bridgehead atoms. The van der Waals surface area contributed by atoms with Crippen LogP contribution in [0, 0.1) is 22.2 Å². The molecule has 0 fully saturated rings. The van der Waals surface area contributed by atoms with Gasteiger partial charge >= 0.3 is 0 Å². The van der Waals surface area contributed by atoms with Crippen LogP contribution in [0.15, 0.2) is 5.18 Å². The monoisotopic (exact) mass is 270 g/mol. The number of rotatable bonds is 9. The molecule has 0 spiro atoms. The molecule has 0 heterocycles. The van der Waals surface area contributed by atoms with Gasteiger partial charge in [-0.25, -0.2) is 0 Å². The zero-order valence-electron chi connectivity index (χ0n) is 14.3. The molecule has 0 amide bonds. The second-order valence-electron chi connectivity index (χ2n) is 7.54. The molecule has 0 aliphatic heterocycles. The predicted octanol–water partition coefficient (Wildman–Crippen LogP) is 4.56. The van der Waals surface area contributed by atoms with Gasteiger partial charge < -0.3 is 0 Å². The van der Waals surface area contributed by atoms with Crippen molar-refractivity contribution in [3.05, 3.63) is 4.91 Å². The van der Waals surface area contributed by atoms with E-state index in [1.165, 1.54) is 0 Å². The van der Waals surface area contributed by atoms with Gasteiger partial charge in [0.2, 0.25) is 0 Å². The van der Waals surface area contributed by atoms with Crippen LogP contribution in [0.25, 0.3) is 0 Å². The summed E-state index contributed by atoms with van der Waals surface area (Å²) in [6, 6.07) is 0. The molecular formula is C16H34N2O. The third-order valence-corrected chi connectivity index (χ3v) is 5.28. The van der Waals surface area contributed by atoms with Crippen molar-refractivity contribution in [3.8, 4) is 0 Å². The van der Waals surface area contributed by atoms with E-state index >= 15 is 0 Å². The molecule has 0 aromatic rings. The molecule has 0 unspecified atom stereocenters. The van der Waals surface area contributed by atoms with Crippen LogP contribution in [0.4, 0.5) is 0 Å². The van der Waals surface area contributed by atoms with E-state index in [1.54, 1.807) is 0 Å². The topological polar surface area (TPSA) is 32.7 Å². The summed E-state index contributed by atoms with van der Waals surface area (Å²) in [7, 11) is 0. The number of nitroso groups, excluding NO2 is 1. The maximum absolute atomic E-state index is 10.4. The molecule has 19 heavy (non-hydrogen) atoms. The van der Waals surface area contributed by atoms with Crippen molar-refractivity contribution in [1.82, 2.24) is 4.90 Å². The molecule has 0 saturated heterocycles. The first-order chi connectivity index (χ1) is 8.55. The normalized spacial score (nSPS) is 13.6. The van der Waals surface area contributed by atoms with Crippen LogP contribution in [-0.2, 0) is 0 Å². The lowest BCUT2D eigenvalue weighted by atomic mass is 9.77. The van der Waals surface area contributed by atoms with Crippen LogP contribution in [0.1, 0.15) is 61.8 Å². The molecule has 0 rings (SSSR count). The van der Waals surface area contributed by atoms with Crippen LogP contribution in [0.2, 0.25) is 0 Å². The molecule has 0 aromatic carbocycles. The fourth-order valence-corrected chi connectivity index (χ4v) is 1.93. The van der Waals surface area contributed by atoms with Gasteiger partial charge in [-0.3, -0.25) is 4.90 Å². The Balaban J connectivity index is 4.74. The Labute approximate surface area is 120 Å². The maximum atomic E-state index is 10.4. The Morgan fingerprint density at radius 2 is 1.47 bits per heavy atom. The lowest BCUT2D eigenvalue weighted by molar-refractivity contribution is 0.0595. The second-order valence-corrected chi connectivity index (χ2v) is 7.54. The molecule has 114 valence electrons. The lowest BCUT2D eigenvalue weighted by Crippen LogP contribution is -2.50. The van der Waals surface area contributed by atoms with E-state index in [-0.39, 0.29) is 5.54 Å². The third kappa shape index (κ3) is 5.60. The molecule has 3 nitrogen and oxygen atoms in total. The van der Waals surface area contributed by atoms with Crippen molar-refractivity contribution in [1.29, 1.82) is 0 Å². The first-order valence-corrected chi connectivity index (χ1v) is 7.60. The number of nitrogens with zero attached hydrogens (tertiary/aromatic N) is 2. The summed E-state index contributed by atoms with van der Waals surface area (Å²) in [5.41, 5.74) is 0.442. The fourth-order valence-electron chi connectivity index (χ4n) is 1.93. The summed E-state index contributed by atoms with van der Waals surface area (Å²) >= 11 is 0. The summed E-state index contributed by atoms with van der Waals surface area (Å²) in [5.74, 6) is 1.22. The molecule has 0 aliphatic rings. The van der Waals surface area contributed by atoms with Gasteiger partial charge in [0, 0.05) is 12.1 Å². The molecular weight excluding hydrogens is 236 g/mol. The Morgan fingerprint density at radius 1 is 0.947 bits per heavy atom. The minimum Gasteiger partial charge on any atom is -0.296 e. The summed E-state index contributed by atoms with van der Waals surface area (Å²) < 4.78 is 0. The van der Waals surface area contributed by atoms with Crippen molar-refractivity contribution in [2.45, 2.75) is 67.3 Å². The zero-order chi connectivity index (χ0) is 15.3. The van der Waals surface area contributed by atoms with Crippen LogP contribution < -0.4 is 0 Å². The minimum absolute atomic E-state index is 0.109. The first kappa shape index (κ1) is 18.6. The van der Waals surface area contributed by atoms with Gasteiger partial charge in [-0.1, -0.05) is 46.7 Å². The molecule has 0 N–H and O–H groups in total. The Morgan fingerprint density at radius 3 is 1.84 bits per heavy atom. The van der Waals surface area contributed by atoms with Gasteiger partial charge in [0.25, 0.3) is 0 Å². The number of hydrogen-bond acceptors (Lipinski definition) is 3. The van der Waals surface area contributed by atoms with Gasteiger partial charge in [0.05, 0.1) is 6.54 Å². The van der Waals surface area contributed by atoms with E-state index < -0.39 is 0 Å². The quantitative estimate of drug-likeness (QED) is 0.575. The second kappa shape index (κ2) is 7.37. The van der Waals surface area contributed by atoms with Crippen LogP contribution in [-0.4, -0.2) is 30.1 Å². The highest BCUT2D eigenvalue weighted by molar-refractivity contribution is 4.86.